The van der Waals surface area contributed by atoms with Crippen LogP contribution in [-0.2, 0) is 16.0 Å². The Morgan fingerprint density at radius 2 is 1.72 bits per heavy atom. The maximum atomic E-state index is 12.3. The lowest BCUT2D eigenvalue weighted by molar-refractivity contribution is -0.134. The number of carbonyl (C=O) groups is 2. The minimum atomic E-state index is -0.0862. The molecule has 3 rings (SSSR count). The van der Waals surface area contributed by atoms with Gasteiger partial charge in [-0.3, -0.25) is 9.59 Å². The van der Waals surface area contributed by atoms with Crippen molar-refractivity contribution in [3.8, 4) is 0 Å². The molecule has 0 atom stereocenters. The summed E-state index contributed by atoms with van der Waals surface area (Å²) in [4.78, 5) is 28.5. The summed E-state index contributed by atoms with van der Waals surface area (Å²) >= 11 is 9.89. The summed E-state index contributed by atoms with van der Waals surface area (Å²) in [5.41, 5.74) is 2.55. The minimum Gasteiger partial charge on any atom is -0.367 e. The van der Waals surface area contributed by atoms with Crippen LogP contribution in [0.5, 0.6) is 0 Å². The van der Waals surface area contributed by atoms with Crippen molar-refractivity contribution in [1.29, 1.82) is 0 Å². The van der Waals surface area contributed by atoms with Gasteiger partial charge >= 0.3 is 0 Å². The van der Waals surface area contributed by atoms with Gasteiger partial charge in [0.15, 0.2) is 0 Å². The van der Waals surface area contributed by atoms with Crippen molar-refractivity contribution in [2.45, 2.75) is 20.3 Å². The predicted octanol–water partition coefficient (Wildman–Crippen LogP) is 4.59. The summed E-state index contributed by atoms with van der Waals surface area (Å²) in [6.45, 7) is 6.73. The van der Waals surface area contributed by atoms with E-state index in [9.17, 15) is 9.59 Å². The summed E-state index contributed by atoms with van der Waals surface area (Å²) < 4.78 is 0.985. The molecule has 1 aliphatic rings. The van der Waals surface area contributed by atoms with Crippen LogP contribution in [0, 0.1) is 5.92 Å². The molecule has 2 aromatic carbocycles. The number of benzene rings is 2. The molecule has 0 aromatic heterocycles. The molecule has 29 heavy (non-hydrogen) atoms. The fourth-order valence-electron chi connectivity index (χ4n) is 3.37. The summed E-state index contributed by atoms with van der Waals surface area (Å²) in [6.07, 6.45) is 0.304. The summed E-state index contributed by atoms with van der Waals surface area (Å²) in [5, 5.41) is 3.50. The molecule has 1 saturated heterocycles. The van der Waals surface area contributed by atoms with Crippen LogP contribution in [0.2, 0.25) is 5.02 Å². The van der Waals surface area contributed by atoms with Crippen molar-refractivity contribution in [1.82, 2.24) is 4.90 Å². The van der Waals surface area contributed by atoms with Gasteiger partial charge in [-0.1, -0.05) is 53.5 Å². The van der Waals surface area contributed by atoms with Gasteiger partial charge in [-0.05, 0) is 35.9 Å². The average Bonchev–Trinajstić information content (AvgIpc) is 2.69. The number of hydrogen-bond acceptors (Lipinski definition) is 3. The van der Waals surface area contributed by atoms with Gasteiger partial charge in [-0.15, -0.1) is 0 Å². The van der Waals surface area contributed by atoms with E-state index < -0.39 is 0 Å². The summed E-state index contributed by atoms with van der Waals surface area (Å²) in [7, 11) is 0. The molecule has 0 aliphatic carbocycles. The van der Waals surface area contributed by atoms with Crippen LogP contribution in [-0.4, -0.2) is 42.9 Å². The van der Waals surface area contributed by atoms with Gasteiger partial charge in [0.25, 0.3) is 0 Å². The van der Waals surface area contributed by atoms with Crippen LogP contribution < -0.4 is 10.2 Å². The molecule has 0 bridgehead atoms. The molecule has 1 fully saturated rings. The number of halogens is 2. The third kappa shape index (κ3) is 5.73. The van der Waals surface area contributed by atoms with Crippen LogP contribution in [0.1, 0.15) is 19.4 Å². The van der Waals surface area contributed by atoms with Gasteiger partial charge in [-0.25, -0.2) is 0 Å². The van der Waals surface area contributed by atoms with E-state index in [1.807, 2.05) is 55.1 Å². The minimum absolute atomic E-state index is 0.0189. The number of anilines is 2. The van der Waals surface area contributed by atoms with Crippen molar-refractivity contribution >= 4 is 50.7 Å². The molecule has 0 saturated carbocycles. The third-order valence-corrected chi connectivity index (χ3v) is 5.77. The van der Waals surface area contributed by atoms with Crippen molar-refractivity contribution in [2.75, 3.05) is 36.4 Å². The van der Waals surface area contributed by atoms with Gasteiger partial charge in [0, 0.05) is 42.3 Å². The first kappa shape index (κ1) is 21.7. The largest absolute Gasteiger partial charge is 0.367 e. The maximum Gasteiger partial charge on any atom is 0.228 e. The number of carbonyl (C=O) groups excluding carboxylic acids is 2. The van der Waals surface area contributed by atoms with E-state index in [2.05, 4.69) is 26.1 Å². The number of nitrogens with one attached hydrogen (secondary N) is 1. The van der Waals surface area contributed by atoms with Crippen LogP contribution in [0.3, 0.4) is 0 Å². The molecule has 0 unspecified atom stereocenters. The predicted molar refractivity (Wildman–Crippen MR) is 122 cm³/mol. The van der Waals surface area contributed by atoms with E-state index in [1.54, 1.807) is 6.07 Å². The van der Waals surface area contributed by atoms with E-state index in [0.29, 0.717) is 30.2 Å². The Bertz CT molecular complexity index is 878. The number of nitrogens with zero attached hydrogens (tertiary/aromatic N) is 2. The molecule has 0 radical (unpaired) electrons. The highest BCUT2D eigenvalue weighted by molar-refractivity contribution is 9.10. The molecular formula is C22H25BrClN3O2. The summed E-state index contributed by atoms with van der Waals surface area (Å²) in [5.74, 6) is 0.127. The van der Waals surface area contributed by atoms with Gasteiger partial charge in [0.2, 0.25) is 11.8 Å². The van der Waals surface area contributed by atoms with E-state index in [1.165, 1.54) is 0 Å². The molecule has 5 nitrogen and oxygen atoms in total. The highest BCUT2D eigenvalue weighted by Crippen LogP contribution is 2.30. The molecule has 154 valence electrons. The Hall–Kier alpha value is -2.05. The van der Waals surface area contributed by atoms with Gasteiger partial charge in [0.1, 0.15) is 0 Å². The number of rotatable bonds is 5. The Morgan fingerprint density at radius 3 is 2.31 bits per heavy atom. The van der Waals surface area contributed by atoms with E-state index in [0.717, 1.165) is 28.8 Å². The standard InChI is InChI=1S/C22H25BrClN3O2/c1-15(2)22(29)27-11-9-26(10-12-27)20-8-7-18(14-19(20)24)25-21(28)13-16-3-5-17(23)6-4-16/h3-8,14-15H,9-13H2,1-2H3,(H,25,28). The molecule has 1 aliphatic heterocycles. The second kappa shape index (κ2) is 9.63. The Balaban J connectivity index is 1.58. The SMILES string of the molecule is CC(C)C(=O)N1CCN(c2ccc(NC(=O)Cc3ccc(Br)cc3)cc2Cl)CC1. The smallest absolute Gasteiger partial charge is 0.228 e. The lowest BCUT2D eigenvalue weighted by Gasteiger charge is -2.37. The quantitative estimate of drug-likeness (QED) is 0.684. The van der Waals surface area contributed by atoms with Crippen molar-refractivity contribution in [3.05, 3.63) is 57.5 Å². The highest BCUT2D eigenvalue weighted by atomic mass is 79.9. The van der Waals surface area contributed by atoms with E-state index in [4.69, 9.17) is 11.6 Å². The van der Waals surface area contributed by atoms with E-state index in [-0.39, 0.29) is 17.7 Å². The average molecular weight is 479 g/mol. The third-order valence-electron chi connectivity index (χ3n) is 4.94. The van der Waals surface area contributed by atoms with Gasteiger partial charge in [0.05, 0.1) is 17.1 Å². The van der Waals surface area contributed by atoms with Crippen LogP contribution >= 0.6 is 27.5 Å². The molecule has 1 N–H and O–H groups in total. The molecule has 1 heterocycles. The van der Waals surface area contributed by atoms with Crippen molar-refractivity contribution < 1.29 is 9.59 Å². The maximum absolute atomic E-state index is 12.3. The van der Waals surface area contributed by atoms with Gasteiger partial charge < -0.3 is 15.1 Å². The molecule has 2 amide bonds. The fraction of sp³-hybridized carbons (Fsp3) is 0.364. The van der Waals surface area contributed by atoms with Crippen molar-refractivity contribution in [3.63, 3.8) is 0 Å². The molecular weight excluding hydrogens is 454 g/mol. The van der Waals surface area contributed by atoms with Crippen molar-refractivity contribution in [2.24, 2.45) is 5.92 Å². The number of piperazine rings is 1. The first-order valence-electron chi connectivity index (χ1n) is 9.71. The van der Waals surface area contributed by atoms with Gasteiger partial charge in [-0.2, -0.15) is 0 Å². The monoisotopic (exact) mass is 477 g/mol. The first-order chi connectivity index (χ1) is 13.8. The molecule has 7 heteroatoms. The second-order valence-electron chi connectivity index (χ2n) is 7.48. The van der Waals surface area contributed by atoms with Crippen LogP contribution in [0.25, 0.3) is 0 Å². The first-order valence-corrected chi connectivity index (χ1v) is 10.9. The van der Waals surface area contributed by atoms with E-state index >= 15 is 0 Å². The zero-order chi connectivity index (χ0) is 21.0. The topological polar surface area (TPSA) is 52.7 Å². The lowest BCUT2D eigenvalue weighted by atomic mass is 10.1. The Kier molecular flexibility index (Phi) is 7.19. The normalized spacial score (nSPS) is 14.2. The zero-order valence-electron chi connectivity index (χ0n) is 16.6. The van der Waals surface area contributed by atoms with Crippen LogP contribution in [0.15, 0.2) is 46.9 Å². The second-order valence-corrected chi connectivity index (χ2v) is 8.81. The Labute approximate surface area is 185 Å². The fourth-order valence-corrected chi connectivity index (χ4v) is 3.93. The lowest BCUT2D eigenvalue weighted by Crippen LogP contribution is -2.50. The number of amides is 2. The molecule has 0 spiro atoms. The zero-order valence-corrected chi connectivity index (χ0v) is 19.0. The summed E-state index contributed by atoms with van der Waals surface area (Å²) in [6, 6.07) is 13.3. The Morgan fingerprint density at radius 1 is 1.07 bits per heavy atom. The number of hydrogen-bond donors (Lipinski definition) is 1. The highest BCUT2D eigenvalue weighted by Gasteiger charge is 2.24. The molecule has 2 aromatic rings. The van der Waals surface area contributed by atoms with Crippen LogP contribution in [0.4, 0.5) is 11.4 Å².